The van der Waals surface area contributed by atoms with Crippen molar-refractivity contribution in [2.75, 3.05) is 20.5 Å². The average Bonchev–Trinajstić information content (AvgIpc) is 2.44. The molecular formula is C14H15NO5. The van der Waals surface area contributed by atoms with Gasteiger partial charge in [0.15, 0.2) is 6.79 Å². The molecular weight excluding hydrogens is 262 g/mol. The fourth-order valence-corrected chi connectivity index (χ4v) is 1.85. The summed E-state index contributed by atoms with van der Waals surface area (Å²) in [6, 6.07) is 6.70. The van der Waals surface area contributed by atoms with Gasteiger partial charge in [0.05, 0.1) is 12.0 Å². The van der Waals surface area contributed by atoms with Crippen LogP contribution in [0.15, 0.2) is 29.1 Å². The number of pyridine rings is 1. The van der Waals surface area contributed by atoms with Crippen molar-refractivity contribution in [2.45, 2.75) is 6.92 Å². The summed E-state index contributed by atoms with van der Waals surface area (Å²) in [6.07, 6.45) is 0. The van der Waals surface area contributed by atoms with E-state index in [9.17, 15) is 9.59 Å². The number of carbonyl (C=O) groups excluding carboxylic acids is 1. The second-order valence-corrected chi connectivity index (χ2v) is 4.00. The number of esters is 1. The number of methoxy groups -OCH3 is 1. The van der Waals surface area contributed by atoms with Crippen LogP contribution < -0.4 is 10.3 Å². The molecule has 0 atom stereocenters. The van der Waals surface area contributed by atoms with E-state index in [0.29, 0.717) is 16.5 Å². The lowest BCUT2D eigenvalue weighted by Crippen LogP contribution is -2.16. The first-order chi connectivity index (χ1) is 9.67. The van der Waals surface area contributed by atoms with Crippen LogP contribution in [0.25, 0.3) is 10.8 Å². The molecule has 0 bridgehead atoms. The zero-order chi connectivity index (χ0) is 14.5. The van der Waals surface area contributed by atoms with E-state index in [4.69, 9.17) is 14.2 Å². The highest BCUT2D eigenvalue weighted by molar-refractivity contribution is 5.94. The molecule has 1 heterocycles. The second-order valence-electron chi connectivity index (χ2n) is 4.00. The zero-order valence-electron chi connectivity index (χ0n) is 11.3. The van der Waals surface area contributed by atoms with Crippen LogP contribution in [0.4, 0.5) is 0 Å². The minimum atomic E-state index is -0.560. The molecule has 0 spiro atoms. The number of rotatable bonds is 5. The lowest BCUT2D eigenvalue weighted by molar-refractivity contribution is 0.0513. The average molecular weight is 277 g/mol. The van der Waals surface area contributed by atoms with Crippen molar-refractivity contribution in [3.63, 3.8) is 0 Å². The summed E-state index contributed by atoms with van der Waals surface area (Å²) < 4.78 is 15.0. The highest BCUT2D eigenvalue weighted by Gasteiger charge is 2.13. The predicted molar refractivity (Wildman–Crippen MR) is 73.0 cm³/mol. The van der Waals surface area contributed by atoms with E-state index in [-0.39, 0.29) is 19.1 Å². The second kappa shape index (κ2) is 6.21. The van der Waals surface area contributed by atoms with Crippen LogP contribution in [0.1, 0.15) is 17.4 Å². The largest absolute Gasteiger partial charge is 0.467 e. The number of fused-ring (bicyclic) bond motifs is 1. The predicted octanol–water partition coefficient (Wildman–Crippen LogP) is 1.69. The van der Waals surface area contributed by atoms with Gasteiger partial charge in [0.2, 0.25) is 0 Å². The first-order valence-corrected chi connectivity index (χ1v) is 6.12. The number of H-pyrrole nitrogens is 1. The van der Waals surface area contributed by atoms with Gasteiger partial charge in [-0.25, -0.2) is 4.79 Å². The van der Waals surface area contributed by atoms with Crippen molar-refractivity contribution in [3.05, 3.63) is 40.3 Å². The molecule has 2 aromatic rings. The molecule has 2 rings (SSSR count). The van der Waals surface area contributed by atoms with Crippen LogP contribution in [-0.2, 0) is 9.47 Å². The van der Waals surface area contributed by atoms with Crippen LogP contribution in [0.5, 0.6) is 5.75 Å². The third kappa shape index (κ3) is 2.80. The van der Waals surface area contributed by atoms with Crippen LogP contribution >= 0.6 is 0 Å². The number of aromatic nitrogens is 1. The number of hydrogen-bond acceptors (Lipinski definition) is 5. The minimum Gasteiger partial charge on any atom is -0.467 e. The van der Waals surface area contributed by atoms with Crippen LogP contribution in [-0.4, -0.2) is 31.5 Å². The van der Waals surface area contributed by atoms with Gasteiger partial charge in [0.25, 0.3) is 5.56 Å². The zero-order valence-corrected chi connectivity index (χ0v) is 11.3. The molecule has 20 heavy (non-hydrogen) atoms. The van der Waals surface area contributed by atoms with E-state index in [2.05, 4.69) is 4.98 Å². The molecule has 0 unspecified atom stereocenters. The molecule has 0 saturated heterocycles. The Morgan fingerprint density at radius 1 is 1.35 bits per heavy atom. The SMILES string of the molecule is CCOC(=O)c1cc2cccc(OCOC)c2c(=O)[nH]1. The van der Waals surface area contributed by atoms with Crippen molar-refractivity contribution in [1.29, 1.82) is 0 Å². The highest BCUT2D eigenvalue weighted by atomic mass is 16.7. The maximum absolute atomic E-state index is 12.1. The Kier molecular flexibility index (Phi) is 4.37. The Labute approximate surface area is 115 Å². The summed E-state index contributed by atoms with van der Waals surface area (Å²) in [7, 11) is 1.49. The van der Waals surface area contributed by atoms with Crippen LogP contribution in [0.3, 0.4) is 0 Å². The smallest absolute Gasteiger partial charge is 0.354 e. The first-order valence-electron chi connectivity index (χ1n) is 6.12. The number of hydrogen-bond donors (Lipinski definition) is 1. The fraction of sp³-hybridized carbons (Fsp3) is 0.286. The number of carbonyl (C=O) groups is 1. The Bertz CT molecular complexity index is 677. The molecule has 0 radical (unpaired) electrons. The van der Waals surface area contributed by atoms with E-state index < -0.39 is 11.5 Å². The Hall–Kier alpha value is -2.34. The first kappa shape index (κ1) is 14.1. The van der Waals surface area contributed by atoms with Gasteiger partial charge in [0.1, 0.15) is 11.4 Å². The molecule has 0 fully saturated rings. The molecule has 1 N–H and O–H groups in total. The van der Waals surface area contributed by atoms with Gasteiger partial charge in [-0.2, -0.15) is 0 Å². The summed E-state index contributed by atoms with van der Waals surface area (Å²) in [5, 5.41) is 0.975. The molecule has 0 aliphatic carbocycles. The number of aromatic amines is 1. The maximum Gasteiger partial charge on any atom is 0.354 e. The quantitative estimate of drug-likeness (QED) is 0.664. The lowest BCUT2D eigenvalue weighted by atomic mass is 10.1. The van der Waals surface area contributed by atoms with Gasteiger partial charge in [-0.05, 0) is 24.4 Å². The van der Waals surface area contributed by atoms with Crippen LogP contribution in [0.2, 0.25) is 0 Å². The third-order valence-electron chi connectivity index (χ3n) is 2.66. The lowest BCUT2D eigenvalue weighted by Gasteiger charge is -2.08. The van der Waals surface area contributed by atoms with E-state index in [1.807, 2.05) is 0 Å². The Morgan fingerprint density at radius 3 is 2.85 bits per heavy atom. The summed E-state index contributed by atoms with van der Waals surface area (Å²) >= 11 is 0. The third-order valence-corrected chi connectivity index (χ3v) is 2.66. The molecule has 0 saturated carbocycles. The van der Waals surface area contributed by atoms with Gasteiger partial charge < -0.3 is 19.2 Å². The molecule has 6 heteroatoms. The molecule has 1 aromatic heterocycles. The summed E-state index contributed by atoms with van der Waals surface area (Å²) in [5.74, 6) is -0.157. The van der Waals surface area contributed by atoms with Crippen molar-refractivity contribution >= 4 is 16.7 Å². The minimum absolute atomic E-state index is 0.0399. The van der Waals surface area contributed by atoms with Gasteiger partial charge in [-0.3, -0.25) is 4.79 Å². The normalized spacial score (nSPS) is 10.5. The summed E-state index contributed by atoms with van der Waals surface area (Å²) in [6.45, 7) is 1.99. The van der Waals surface area contributed by atoms with Gasteiger partial charge in [-0.15, -0.1) is 0 Å². The molecule has 0 aliphatic rings. The van der Waals surface area contributed by atoms with E-state index in [1.165, 1.54) is 7.11 Å². The molecule has 6 nitrogen and oxygen atoms in total. The van der Waals surface area contributed by atoms with Crippen molar-refractivity contribution < 1.29 is 19.0 Å². The molecule has 0 aliphatic heterocycles. The van der Waals surface area contributed by atoms with Crippen LogP contribution in [0, 0.1) is 0 Å². The molecule has 106 valence electrons. The monoisotopic (exact) mass is 277 g/mol. The highest BCUT2D eigenvalue weighted by Crippen LogP contribution is 2.22. The number of nitrogens with one attached hydrogen (secondary N) is 1. The van der Waals surface area contributed by atoms with Crippen molar-refractivity contribution in [1.82, 2.24) is 4.98 Å². The van der Waals surface area contributed by atoms with Gasteiger partial charge >= 0.3 is 5.97 Å². The number of ether oxygens (including phenoxy) is 3. The Morgan fingerprint density at radius 2 is 2.15 bits per heavy atom. The maximum atomic E-state index is 12.1. The molecule has 1 aromatic carbocycles. The summed E-state index contributed by atoms with van der Waals surface area (Å²) in [5.41, 5.74) is -0.287. The topological polar surface area (TPSA) is 77.6 Å². The number of benzene rings is 1. The Balaban J connectivity index is 2.51. The molecule has 0 amide bonds. The standard InChI is InChI=1S/C14H15NO5/c1-3-19-14(17)10-7-9-5-4-6-11(20-8-18-2)12(9)13(16)15-10/h4-7H,3,8H2,1-2H3,(H,15,16). The van der Waals surface area contributed by atoms with E-state index >= 15 is 0 Å². The summed E-state index contributed by atoms with van der Waals surface area (Å²) in [4.78, 5) is 26.3. The van der Waals surface area contributed by atoms with Crippen molar-refractivity contribution in [2.24, 2.45) is 0 Å². The van der Waals surface area contributed by atoms with Gasteiger partial charge in [-0.1, -0.05) is 12.1 Å². The van der Waals surface area contributed by atoms with E-state index in [0.717, 1.165) is 0 Å². The van der Waals surface area contributed by atoms with E-state index in [1.54, 1.807) is 31.2 Å². The fourth-order valence-electron chi connectivity index (χ4n) is 1.85. The van der Waals surface area contributed by atoms with Crippen molar-refractivity contribution in [3.8, 4) is 5.75 Å². The van der Waals surface area contributed by atoms with Gasteiger partial charge in [0, 0.05) is 7.11 Å².